The van der Waals surface area contributed by atoms with Gasteiger partial charge in [0.25, 0.3) is 0 Å². The first-order chi connectivity index (χ1) is 10.1. The van der Waals surface area contributed by atoms with Crippen LogP contribution >= 0.6 is 0 Å². The van der Waals surface area contributed by atoms with Gasteiger partial charge in [0.05, 0.1) is 17.1 Å². The number of fused-ring (bicyclic) bond motifs is 1. The number of para-hydroxylation sites is 2. The third-order valence-electron chi connectivity index (χ3n) is 3.87. The third-order valence-corrected chi connectivity index (χ3v) is 3.87. The molecule has 0 N–H and O–H groups in total. The van der Waals surface area contributed by atoms with Gasteiger partial charge in [-0.1, -0.05) is 42.0 Å². The van der Waals surface area contributed by atoms with Crippen LogP contribution in [-0.4, -0.2) is 15.3 Å². The molecule has 0 aliphatic carbocycles. The van der Waals surface area contributed by atoms with E-state index in [0.29, 0.717) is 0 Å². The summed E-state index contributed by atoms with van der Waals surface area (Å²) in [6, 6.07) is 15.4. The topological polar surface area (TPSA) is 34.9 Å². The fourth-order valence-electron chi connectivity index (χ4n) is 2.73. The summed E-state index contributed by atoms with van der Waals surface area (Å²) in [5.41, 5.74) is 3.83. The van der Waals surface area contributed by atoms with Gasteiger partial charge in [0, 0.05) is 5.56 Å². The molecule has 0 aliphatic rings. The standard InChI is InChI=1S/C18H18N2O/c1-12-8-10-15(11-9-12)18(21)13(2)20-14(3)19-16-6-4-5-7-17(16)20/h4-11,13H,1-3H3. The highest BCUT2D eigenvalue weighted by Crippen LogP contribution is 2.23. The maximum atomic E-state index is 12.7. The number of imidazole rings is 1. The highest BCUT2D eigenvalue weighted by Gasteiger charge is 2.20. The zero-order valence-electron chi connectivity index (χ0n) is 12.5. The van der Waals surface area contributed by atoms with Crippen LogP contribution in [0.2, 0.25) is 0 Å². The van der Waals surface area contributed by atoms with Crippen molar-refractivity contribution in [3.63, 3.8) is 0 Å². The Kier molecular flexibility index (Phi) is 3.34. The van der Waals surface area contributed by atoms with E-state index in [1.54, 1.807) is 0 Å². The van der Waals surface area contributed by atoms with Gasteiger partial charge in [-0.2, -0.15) is 0 Å². The molecular weight excluding hydrogens is 260 g/mol. The number of hydrogen-bond acceptors (Lipinski definition) is 2. The Morgan fingerprint density at radius 3 is 2.43 bits per heavy atom. The van der Waals surface area contributed by atoms with Gasteiger partial charge in [-0.15, -0.1) is 0 Å². The molecule has 106 valence electrons. The summed E-state index contributed by atoms with van der Waals surface area (Å²) in [6.07, 6.45) is 0. The normalized spacial score (nSPS) is 12.5. The van der Waals surface area contributed by atoms with Gasteiger partial charge < -0.3 is 4.57 Å². The highest BCUT2D eigenvalue weighted by atomic mass is 16.1. The number of Topliss-reactive ketones (excluding diaryl/α,β-unsaturated/α-hetero) is 1. The van der Waals surface area contributed by atoms with Gasteiger partial charge in [0.2, 0.25) is 0 Å². The second-order valence-electron chi connectivity index (χ2n) is 5.42. The van der Waals surface area contributed by atoms with Crippen molar-refractivity contribution in [1.29, 1.82) is 0 Å². The van der Waals surface area contributed by atoms with Gasteiger partial charge in [-0.3, -0.25) is 4.79 Å². The number of hydrogen-bond donors (Lipinski definition) is 0. The SMILES string of the molecule is Cc1ccc(C(=O)C(C)n2c(C)nc3ccccc32)cc1. The molecule has 1 aromatic heterocycles. The Morgan fingerprint density at radius 2 is 1.71 bits per heavy atom. The molecule has 0 saturated carbocycles. The van der Waals surface area contributed by atoms with E-state index in [4.69, 9.17) is 0 Å². The molecule has 2 aromatic carbocycles. The summed E-state index contributed by atoms with van der Waals surface area (Å²) < 4.78 is 2.01. The van der Waals surface area contributed by atoms with E-state index in [9.17, 15) is 4.79 Å². The zero-order chi connectivity index (χ0) is 15.0. The molecule has 1 atom stereocenters. The molecule has 3 aromatic rings. The lowest BCUT2D eigenvalue weighted by Gasteiger charge is -2.15. The molecule has 1 unspecified atom stereocenters. The molecule has 0 saturated heterocycles. The van der Waals surface area contributed by atoms with Gasteiger partial charge in [0.15, 0.2) is 5.78 Å². The summed E-state index contributed by atoms with van der Waals surface area (Å²) in [7, 11) is 0. The Labute approximate surface area is 124 Å². The lowest BCUT2D eigenvalue weighted by molar-refractivity contribution is 0.0935. The Hall–Kier alpha value is -2.42. The number of rotatable bonds is 3. The van der Waals surface area contributed by atoms with Crippen LogP contribution in [0.4, 0.5) is 0 Å². The number of nitrogens with zero attached hydrogens (tertiary/aromatic N) is 2. The van der Waals surface area contributed by atoms with Crippen molar-refractivity contribution in [3.8, 4) is 0 Å². The number of carbonyl (C=O) groups excluding carboxylic acids is 1. The molecule has 0 amide bonds. The minimum atomic E-state index is -0.264. The smallest absolute Gasteiger partial charge is 0.185 e. The number of aryl methyl sites for hydroxylation is 2. The van der Waals surface area contributed by atoms with Crippen molar-refractivity contribution in [2.45, 2.75) is 26.8 Å². The van der Waals surface area contributed by atoms with E-state index in [2.05, 4.69) is 4.98 Å². The summed E-state index contributed by atoms with van der Waals surface area (Å²) in [6.45, 7) is 5.90. The Balaban J connectivity index is 2.04. The van der Waals surface area contributed by atoms with Crippen LogP contribution in [0.15, 0.2) is 48.5 Å². The van der Waals surface area contributed by atoms with E-state index >= 15 is 0 Å². The first-order valence-electron chi connectivity index (χ1n) is 7.12. The summed E-state index contributed by atoms with van der Waals surface area (Å²) in [5, 5.41) is 0. The predicted octanol–water partition coefficient (Wildman–Crippen LogP) is 4.10. The number of aromatic nitrogens is 2. The van der Waals surface area contributed by atoms with Gasteiger partial charge >= 0.3 is 0 Å². The summed E-state index contributed by atoms with van der Waals surface area (Å²) in [4.78, 5) is 17.2. The van der Waals surface area contributed by atoms with Crippen molar-refractivity contribution < 1.29 is 4.79 Å². The molecule has 3 rings (SSSR count). The maximum Gasteiger partial charge on any atom is 0.185 e. The molecule has 3 heteroatoms. The molecule has 0 aliphatic heterocycles. The van der Waals surface area contributed by atoms with Crippen molar-refractivity contribution >= 4 is 16.8 Å². The van der Waals surface area contributed by atoms with E-state index in [1.807, 2.05) is 73.9 Å². The number of carbonyl (C=O) groups is 1. The predicted molar refractivity (Wildman–Crippen MR) is 84.7 cm³/mol. The monoisotopic (exact) mass is 278 g/mol. The molecular formula is C18H18N2O. The molecule has 1 heterocycles. The van der Waals surface area contributed by atoms with E-state index in [1.165, 1.54) is 0 Å². The van der Waals surface area contributed by atoms with E-state index < -0.39 is 0 Å². The molecule has 0 radical (unpaired) electrons. The fraction of sp³-hybridized carbons (Fsp3) is 0.222. The highest BCUT2D eigenvalue weighted by molar-refractivity contribution is 5.99. The zero-order valence-corrected chi connectivity index (χ0v) is 12.5. The van der Waals surface area contributed by atoms with Crippen LogP contribution in [0.1, 0.15) is 34.7 Å². The molecule has 0 bridgehead atoms. The molecule has 21 heavy (non-hydrogen) atoms. The first kappa shape index (κ1) is 13.6. The number of benzene rings is 2. The largest absolute Gasteiger partial charge is 0.317 e. The maximum absolute atomic E-state index is 12.7. The first-order valence-corrected chi connectivity index (χ1v) is 7.12. The Bertz CT molecular complexity index is 800. The minimum absolute atomic E-state index is 0.112. The molecule has 0 spiro atoms. The van der Waals surface area contributed by atoms with Crippen molar-refractivity contribution in [2.24, 2.45) is 0 Å². The van der Waals surface area contributed by atoms with Crippen LogP contribution in [0.25, 0.3) is 11.0 Å². The van der Waals surface area contributed by atoms with Crippen LogP contribution in [0.3, 0.4) is 0 Å². The lowest BCUT2D eigenvalue weighted by Crippen LogP contribution is -2.17. The molecule has 3 nitrogen and oxygen atoms in total. The third kappa shape index (κ3) is 2.35. The summed E-state index contributed by atoms with van der Waals surface area (Å²) >= 11 is 0. The van der Waals surface area contributed by atoms with Gasteiger partial charge in [-0.25, -0.2) is 4.98 Å². The quantitative estimate of drug-likeness (QED) is 0.676. The Morgan fingerprint density at radius 1 is 1.05 bits per heavy atom. The number of ketones is 1. The average molecular weight is 278 g/mol. The van der Waals surface area contributed by atoms with Crippen LogP contribution < -0.4 is 0 Å². The lowest BCUT2D eigenvalue weighted by atomic mass is 10.0. The van der Waals surface area contributed by atoms with Crippen molar-refractivity contribution in [2.75, 3.05) is 0 Å². The molecule has 0 fully saturated rings. The average Bonchev–Trinajstić information content (AvgIpc) is 2.82. The van der Waals surface area contributed by atoms with Crippen molar-refractivity contribution in [3.05, 3.63) is 65.5 Å². The van der Waals surface area contributed by atoms with Crippen molar-refractivity contribution in [1.82, 2.24) is 9.55 Å². The van der Waals surface area contributed by atoms with Gasteiger partial charge in [0.1, 0.15) is 5.82 Å². The minimum Gasteiger partial charge on any atom is -0.317 e. The van der Waals surface area contributed by atoms with E-state index in [-0.39, 0.29) is 11.8 Å². The van der Waals surface area contributed by atoms with Crippen LogP contribution in [0.5, 0.6) is 0 Å². The van der Waals surface area contributed by atoms with Gasteiger partial charge in [-0.05, 0) is 32.9 Å². The fourth-order valence-corrected chi connectivity index (χ4v) is 2.73. The second-order valence-corrected chi connectivity index (χ2v) is 5.42. The second kappa shape index (κ2) is 5.17. The summed E-state index contributed by atoms with van der Waals surface area (Å²) in [5.74, 6) is 0.977. The van der Waals surface area contributed by atoms with Crippen LogP contribution in [0, 0.1) is 13.8 Å². The van der Waals surface area contributed by atoms with Crippen LogP contribution in [-0.2, 0) is 0 Å². The van der Waals surface area contributed by atoms with E-state index in [0.717, 1.165) is 28.0 Å².